The van der Waals surface area contributed by atoms with Crippen molar-refractivity contribution in [3.63, 3.8) is 0 Å². The smallest absolute Gasteiger partial charge is 0.418 e. The molecule has 1 fully saturated rings. The molecule has 0 saturated heterocycles. The molecule has 9 heteroatoms. The average molecular weight is 405 g/mol. The van der Waals surface area contributed by atoms with Crippen LogP contribution in [-0.2, 0) is 6.18 Å². The zero-order valence-electron chi connectivity index (χ0n) is 14.5. The first kappa shape index (κ1) is 20.3. The summed E-state index contributed by atoms with van der Waals surface area (Å²) in [6.45, 7) is 0. The molecule has 0 heterocycles. The highest BCUT2D eigenvalue weighted by molar-refractivity contribution is 5.97. The SMILES string of the molecule is O=C(O)c1ccc2c(C(F)(F)F)c(NC3CCC(C(F)(F)F)CC3)ccc2c1. The fraction of sp³-hybridized carbons (Fsp3) is 0.421. The van der Waals surface area contributed by atoms with E-state index in [2.05, 4.69) is 5.32 Å². The second-order valence-electron chi connectivity index (χ2n) is 6.96. The summed E-state index contributed by atoms with van der Waals surface area (Å²) < 4.78 is 79.4. The molecule has 1 saturated carbocycles. The number of nitrogens with one attached hydrogen (secondary N) is 1. The average Bonchev–Trinajstić information content (AvgIpc) is 2.59. The lowest BCUT2D eigenvalue weighted by atomic mass is 9.85. The third kappa shape index (κ3) is 4.18. The van der Waals surface area contributed by atoms with E-state index in [1.807, 2.05) is 0 Å². The second kappa shape index (κ2) is 7.18. The zero-order valence-corrected chi connectivity index (χ0v) is 14.5. The highest BCUT2D eigenvalue weighted by atomic mass is 19.4. The molecule has 2 aromatic carbocycles. The van der Waals surface area contributed by atoms with E-state index in [0.29, 0.717) is 0 Å². The summed E-state index contributed by atoms with van der Waals surface area (Å²) in [6.07, 6.45) is -9.01. The van der Waals surface area contributed by atoms with E-state index < -0.39 is 35.8 Å². The fourth-order valence-electron chi connectivity index (χ4n) is 3.67. The minimum absolute atomic E-state index is 0.122. The summed E-state index contributed by atoms with van der Waals surface area (Å²) in [6, 6.07) is 5.44. The number of carbonyl (C=O) groups is 1. The van der Waals surface area contributed by atoms with Crippen molar-refractivity contribution in [2.45, 2.75) is 44.1 Å². The van der Waals surface area contributed by atoms with Crippen LogP contribution in [0.4, 0.5) is 32.0 Å². The molecule has 2 aromatic rings. The van der Waals surface area contributed by atoms with Crippen molar-refractivity contribution in [2.75, 3.05) is 5.32 Å². The molecule has 0 aromatic heterocycles. The van der Waals surface area contributed by atoms with E-state index in [-0.39, 0.29) is 47.7 Å². The monoisotopic (exact) mass is 405 g/mol. The third-order valence-corrected chi connectivity index (χ3v) is 5.10. The topological polar surface area (TPSA) is 49.3 Å². The molecular weight excluding hydrogens is 388 g/mol. The molecule has 0 aliphatic heterocycles. The maximum Gasteiger partial charge on any atom is 0.418 e. The van der Waals surface area contributed by atoms with E-state index in [1.165, 1.54) is 12.1 Å². The molecule has 0 spiro atoms. The number of carboxylic acids is 1. The Bertz CT molecular complexity index is 882. The Morgan fingerprint density at radius 2 is 1.61 bits per heavy atom. The van der Waals surface area contributed by atoms with Gasteiger partial charge in [0.05, 0.1) is 17.0 Å². The van der Waals surface area contributed by atoms with Crippen LogP contribution < -0.4 is 5.32 Å². The molecule has 1 aliphatic rings. The summed E-state index contributed by atoms with van der Waals surface area (Å²) in [5, 5.41) is 11.7. The first-order chi connectivity index (χ1) is 13.0. The van der Waals surface area contributed by atoms with Crippen molar-refractivity contribution in [1.29, 1.82) is 0 Å². The van der Waals surface area contributed by atoms with E-state index in [1.54, 1.807) is 0 Å². The molecule has 0 atom stereocenters. The number of alkyl halides is 6. The lowest BCUT2D eigenvalue weighted by Gasteiger charge is -2.31. The van der Waals surface area contributed by atoms with E-state index in [9.17, 15) is 31.1 Å². The van der Waals surface area contributed by atoms with Crippen LogP contribution in [-0.4, -0.2) is 23.3 Å². The fourth-order valence-corrected chi connectivity index (χ4v) is 3.67. The molecule has 2 N–H and O–H groups in total. The van der Waals surface area contributed by atoms with Gasteiger partial charge in [0.1, 0.15) is 0 Å². The van der Waals surface area contributed by atoms with E-state index >= 15 is 0 Å². The molecule has 0 radical (unpaired) electrons. The predicted octanol–water partition coefficient (Wildman–Crippen LogP) is 6.09. The Hall–Kier alpha value is -2.45. The van der Waals surface area contributed by atoms with Crippen LogP contribution in [0.15, 0.2) is 30.3 Å². The van der Waals surface area contributed by atoms with Crippen LogP contribution in [0.3, 0.4) is 0 Å². The highest BCUT2D eigenvalue weighted by Crippen LogP contribution is 2.42. The number of halogens is 6. The summed E-state index contributed by atoms with van der Waals surface area (Å²) >= 11 is 0. The van der Waals surface area contributed by atoms with Crippen molar-refractivity contribution in [3.05, 3.63) is 41.5 Å². The van der Waals surface area contributed by atoms with Crippen LogP contribution in [0.5, 0.6) is 0 Å². The Morgan fingerprint density at radius 3 is 2.14 bits per heavy atom. The lowest BCUT2D eigenvalue weighted by Crippen LogP contribution is -2.33. The van der Waals surface area contributed by atoms with E-state index in [4.69, 9.17) is 5.11 Å². The van der Waals surface area contributed by atoms with Gasteiger partial charge in [0.25, 0.3) is 0 Å². The van der Waals surface area contributed by atoms with Gasteiger partial charge in [0.15, 0.2) is 0 Å². The van der Waals surface area contributed by atoms with Gasteiger partial charge in [-0.1, -0.05) is 12.1 Å². The Labute approximate surface area is 156 Å². The minimum atomic E-state index is -4.71. The van der Waals surface area contributed by atoms with Crippen molar-refractivity contribution < 1.29 is 36.2 Å². The predicted molar refractivity (Wildman–Crippen MR) is 91.3 cm³/mol. The molecule has 3 rings (SSSR count). The molecule has 152 valence electrons. The lowest BCUT2D eigenvalue weighted by molar-refractivity contribution is -0.182. The second-order valence-corrected chi connectivity index (χ2v) is 6.96. The maximum absolute atomic E-state index is 13.7. The van der Waals surface area contributed by atoms with Gasteiger partial charge >= 0.3 is 18.3 Å². The van der Waals surface area contributed by atoms with Gasteiger partial charge in [-0.3, -0.25) is 0 Å². The standard InChI is InChI=1S/C19H17F6NO2/c20-18(21,22)12-3-5-13(6-4-12)26-15-8-2-10-9-11(17(27)28)1-7-14(10)16(15)19(23,24)25/h1-2,7-9,12-13,26H,3-6H2,(H,27,28). The van der Waals surface area contributed by atoms with Crippen LogP contribution in [0, 0.1) is 5.92 Å². The van der Waals surface area contributed by atoms with Gasteiger partial charge < -0.3 is 10.4 Å². The van der Waals surface area contributed by atoms with Crippen molar-refractivity contribution in [1.82, 2.24) is 0 Å². The first-order valence-corrected chi connectivity index (χ1v) is 8.67. The van der Waals surface area contributed by atoms with Crippen LogP contribution in [0.25, 0.3) is 10.8 Å². The Morgan fingerprint density at radius 1 is 0.964 bits per heavy atom. The number of carboxylic acid groups (broad SMARTS) is 1. The first-order valence-electron chi connectivity index (χ1n) is 8.67. The number of aromatic carboxylic acids is 1. The Balaban J connectivity index is 1.91. The van der Waals surface area contributed by atoms with Crippen LogP contribution >= 0.6 is 0 Å². The summed E-state index contributed by atoms with van der Waals surface area (Å²) in [7, 11) is 0. The number of benzene rings is 2. The van der Waals surface area contributed by atoms with Gasteiger partial charge in [0, 0.05) is 11.7 Å². The van der Waals surface area contributed by atoms with E-state index in [0.717, 1.165) is 18.2 Å². The number of fused-ring (bicyclic) bond motifs is 1. The zero-order chi connectivity index (χ0) is 20.7. The van der Waals surface area contributed by atoms with Gasteiger partial charge in [-0.2, -0.15) is 26.3 Å². The van der Waals surface area contributed by atoms with Crippen molar-refractivity contribution in [3.8, 4) is 0 Å². The summed E-state index contributed by atoms with van der Waals surface area (Å²) in [4.78, 5) is 11.0. The molecule has 0 unspecified atom stereocenters. The van der Waals surface area contributed by atoms with Crippen molar-refractivity contribution in [2.24, 2.45) is 5.92 Å². The third-order valence-electron chi connectivity index (χ3n) is 5.10. The Kier molecular flexibility index (Phi) is 5.20. The molecule has 0 amide bonds. The van der Waals surface area contributed by atoms with Gasteiger partial charge in [-0.05, 0) is 54.7 Å². The number of rotatable bonds is 3. The van der Waals surface area contributed by atoms with Crippen molar-refractivity contribution >= 4 is 22.4 Å². The highest BCUT2D eigenvalue weighted by Gasteiger charge is 2.42. The maximum atomic E-state index is 13.7. The van der Waals surface area contributed by atoms with Gasteiger partial charge in [-0.15, -0.1) is 0 Å². The van der Waals surface area contributed by atoms with Gasteiger partial charge in [0.2, 0.25) is 0 Å². The summed E-state index contributed by atoms with van der Waals surface area (Å²) in [5.74, 6) is -2.67. The largest absolute Gasteiger partial charge is 0.478 e. The minimum Gasteiger partial charge on any atom is -0.478 e. The molecule has 1 aliphatic carbocycles. The molecule has 3 nitrogen and oxygen atoms in total. The normalized spacial score (nSPS) is 20.9. The summed E-state index contributed by atoms with van der Waals surface area (Å²) in [5.41, 5.74) is -1.29. The number of anilines is 1. The van der Waals surface area contributed by atoms with Gasteiger partial charge in [-0.25, -0.2) is 4.79 Å². The van der Waals surface area contributed by atoms with Crippen LogP contribution in [0.1, 0.15) is 41.6 Å². The number of hydrogen-bond donors (Lipinski definition) is 2. The molecular formula is C19H17F6NO2. The molecule has 28 heavy (non-hydrogen) atoms. The molecule has 0 bridgehead atoms. The quantitative estimate of drug-likeness (QED) is 0.608. The number of hydrogen-bond acceptors (Lipinski definition) is 2. The van der Waals surface area contributed by atoms with Crippen LogP contribution in [0.2, 0.25) is 0 Å².